The Bertz CT molecular complexity index is 527. The molecule has 0 radical (unpaired) electrons. The van der Waals surface area contributed by atoms with Crippen LogP contribution in [-0.2, 0) is 4.79 Å². The molecule has 0 saturated carbocycles. The second kappa shape index (κ2) is 6.22. The molecule has 0 N–H and O–H groups in total. The average Bonchev–Trinajstić information content (AvgIpc) is 2.87. The summed E-state index contributed by atoms with van der Waals surface area (Å²) in [4.78, 5) is 27.6. The number of rotatable bonds is 3. The molecule has 2 rings (SSSR count). The van der Waals surface area contributed by atoms with Crippen LogP contribution < -0.4 is 0 Å². The zero-order chi connectivity index (χ0) is 13.8. The van der Waals surface area contributed by atoms with E-state index in [0.717, 1.165) is 16.4 Å². The van der Waals surface area contributed by atoms with Gasteiger partial charge < -0.3 is 4.90 Å². The highest BCUT2D eigenvalue weighted by Gasteiger charge is 2.32. The van der Waals surface area contributed by atoms with Crippen molar-refractivity contribution in [2.24, 2.45) is 5.92 Å². The first-order chi connectivity index (χ1) is 9.13. The first kappa shape index (κ1) is 14.1. The minimum absolute atomic E-state index is 0.348. The van der Waals surface area contributed by atoms with Crippen LogP contribution in [0.4, 0.5) is 0 Å². The Morgan fingerprint density at radius 2 is 2.05 bits per heavy atom. The van der Waals surface area contributed by atoms with Gasteiger partial charge in [-0.15, -0.1) is 11.3 Å². The molecule has 0 spiro atoms. The minimum atomic E-state index is -1.19. The van der Waals surface area contributed by atoms with Crippen LogP contribution in [0.5, 0.6) is 0 Å². The standard InChI is InChI=1S/C13H14N2O2S2/c1-9-2-3-11(19-9)12(16)10(8-14)13(17)15-4-6-18-7-5-15/h2-3,10H,4-7H2,1H3/t10-/m1/s1. The molecule has 2 heterocycles. The predicted octanol–water partition coefficient (Wildman–Crippen LogP) is 1.95. The zero-order valence-electron chi connectivity index (χ0n) is 10.6. The fraction of sp³-hybridized carbons (Fsp3) is 0.462. The van der Waals surface area contributed by atoms with Crippen molar-refractivity contribution in [2.75, 3.05) is 24.6 Å². The summed E-state index contributed by atoms with van der Waals surface area (Å²) in [7, 11) is 0. The van der Waals surface area contributed by atoms with Gasteiger partial charge in [-0.3, -0.25) is 9.59 Å². The van der Waals surface area contributed by atoms with Crippen molar-refractivity contribution in [1.29, 1.82) is 5.26 Å². The number of Topliss-reactive ketones (excluding diaryl/α,β-unsaturated/α-hetero) is 1. The number of hydrogen-bond acceptors (Lipinski definition) is 5. The van der Waals surface area contributed by atoms with Crippen LogP contribution in [0.25, 0.3) is 0 Å². The van der Waals surface area contributed by atoms with E-state index in [2.05, 4.69) is 0 Å². The number of nitrogens with zero attached hydrogens (tertiary/aromatic N) is 2. The van der Waals surface area contributed by atoms with E-state index < -0.39 is 5.92 Å². The summed E-state index contributed by atoms with van der Waals surface area (Å²) in [6.45, 7) is 3.14. The number of thiophene rings is 1. The van der Waals surface area contributed by atoms with E-state index in [4.69, 9.17) is 5.26 Å². The third-order valence-electron chi connectivity index (χ3n) is 2.94. The summed E-state index contributed by atoms with van der Waals surface area (Å²) in [6, 6.07) is 5.38. The van der Waals surface area contributed by atoms with Crippen LogP contribution >= 0.6 is 23.1 Å². The SMILES string of the molecule is Cc1ccc(C(=O)[C@@H](C#N)C(=O)N2CCSCC2)s1. The van der Waals surface area contributed by atoms with Gasteiger partial charge in [0.25, 0.3) is 0 Å². The number of carbonyl (C=O) groups excluding carboxylic acids is 2. The van der Waals surface area contributed by atoms with Crippen molar-refractivity contribution >= 4 is 34.8 Å². The Hall–Kier alpha value is -1.32. The van der Waals surface area contributed by atoms with Crippen molar-refractivity contribution < 1.29 is 9.59 Å². The normalized spacial score (nSPS) is 16.7. The van der Waals surface area contributed by atoms with Gasteiger partial charge in [0.2, 0.25) is 5.91 Å². The molecule has 0 bridgehead atoms. The van der Waals surface area contributed by atoms with E-state index in [-0.39, 0.29) is 11.7 Å². The summed E-state index contributed by atoms with van der Waals surface area (Å²) in [5.41, 5.74) is 0. The molecule has 1 aromatic rings. The Balaban J connectivity index is 2.13. The number of hydrogen-bond donors (Lipinski definition) is 0. The van der Waals surface area contributed by atoms with Crippen molar-refractivity contribution in [1.82, 2.24) is 4.90 Å². The fourth-order valence-electron chi connectivity index (χ4n) is 1.90. The molecule has 100 valence electrons. The maximum Gasteiger partial charge on any atom is 0.248 e. The van der Waals surface area contributed by atoms with Gasteiger partial charge in [-0.25, -0.2) is 0 Å². The molecule has 6 heteroatoms. The highest BCUT2D eigenvalue weighted by molar-refractivity contribution is 7.99. The van der Waals surface area contributed by atoms with Crippen LogP contribution in [-0.4, -0.2) is 41.2 Å². The number of ketones is 1. The molecule has 1 aromatic heterocycles. The number of amides is 1. The van der Waals surface area contributed by atoms with E-state index >= 15 is 0 Å². The third kappa shape index (κ3) is 3.17. The lowest BCUT2D eigenvalue weighted by Crippen LogP contribution is -2.43. The van der Waals surface area contributed by atoms with Crippen LogP contribution in [0.2, 0.25) is 0 Å². The quantitative estimate of drug-likeness (QED) is 0.631. The van der Waals surface area contributed by atoms with Gasteiger partial charge in [-0.2, -0.15) is 17.0 Å². The molecular formula is C13H14N2O2S2. The molecule has 0 aromatic carbocycles. The Labute approximate surface area is 120 Å². The Morgan fingerprint density at radius 1 is 1.37 bits per heavy atom. The van der Waals surface area contributed by atoms with E-state index in [9.17, 15) is 9.59 Å². The van der Waals surface area contributed by atoms with Crippen molar-refractivity contribution in [3.05, 3.63) is 21.9 Å². The predicted molar refractivity (Wildman–Crippen MR) is 76.4 cm³/mol. The van der Waals surface area contributed by atoms with Gasteiger partial charge in [0, 0.05) is 29.5 Å². The molecule has 1 atom stereocenters. The second-order valence-corrected chi connectivity index (χ2v) is 6.79. The monoisotopic (exact) mass is 294 g/mol. The Kier molecular flexibility index (Phi) is 4.61. The van der Waals surface area contributed by atoms with Crippen LogP contribution in [0.3, 0.4) is 0 Å². The van der Waals surface area contributed by atoms with E-state index in [0.29, 0.717) is 18.0 Å². The number of thioether (sulfide) groups is 1. The molecule has 1 saturated heterocycles. The molecule has 4 nitrogen and oxygen atoms in total. The maximum atomic E-state index is 12.2. The largest absolute Gasteiger partial charge is 0.339 e. The van der Waals surface area contributed by atoms with Crippen molar-refractivity contribution in [2.45, 2.75) is 6.92 Å². The van der Waals surface area contributed by atoms with Gasteiger partial charge in [-0.05, 0) is 19.1 Å². The van der Waals surface area contributed by atoms with Gasteiger partial charge in [-0.1, -0.05) is 0 Å². The lowest BCUT2D eigenvalue weighted by Gasteiger charge is -2.27. The lowest BCUT2D eigenvalue weighted by atomic mass is 10.0. The molecule has 0 aliphatic carbocycles. The van der Waals surface area contributed by atoms with E-state index in [1.165, 1.54) is 11.3 Å². The first-order valence-corrected chi connectivity index (χ1v) is 7.97. The summed E-state index contributed by atoms with van der Waals surface area (Å²) >= 11 is 3.11. The number of nitriles is 1. The zero-order valence-corrected chi connectivity index (χ0v) is 12.2. The number of aryl methyl sites for hydroxylation is 1. The first-order valence-electron chi connectivity index (χ1n) is 6.00. The molecule has 1 fully saturated rings. The minimum Gasteiger partial charge on any atom is -0.339 e. The summed E-state index contributed by atoms with van der Waals surface area (Å²) < 4.78 is 0. The van der Waals surface area contributed by atoms with Crippen LogP contribution in [0.1, 0.15) is 14.5 Å². The van der Waals surface area contributed by atoms with Gasteiger partial charge >= 0.3 is 0 Å². The Morgan fingerprint density at radius 3 is 2.58 bits per heavy atom. The fourth-order valence-corrected chi connectivity index (χ4v) is 3.64. The van der Waals surface area contributed by atoms with Crippen LogP contribution in [0.15, 0.2) is 12.1 Å². The third-order valence-corrected chi connectivity index (χ3v) is 4.90. The van der Waals surface area contributed by atoms with E-state index in [1.54, 1.807) is 22.7 Å². The molecule has 1 aliphatic rings. The molecule has 19 heavy (non-hydrogen) atoms. The molecular weight excluding hydrogens is 280 g/mol. The van der Waals surface area contributed by atoms with E-state index in [1.807, 2.05) is 19.1 Å². The molecule has 0 unspecified atom stereocenters. The maximum absolute atomic E-state index is 12.2. The second-order valence-electron chi connectivity index (χ2n) is 4.27. The molecule has 1 aliphatic heterocycles. The van der Waals surface area contributed by atoms with Crippen molar-refractivity contribution in [3.8, 4) is 6.07 Å². The van der Waals surface area contributed by atoms with Gasteiger partial charge in [0.1, 0.15) is 0 Å². The lowest BCUT2D eigenvalue weighted by molar-refractivity contribution is -0.132. The molecule has 1 amide bonds. The summed E-state index contributed by atoms with van der Waals surface area (Å²) in [5.74, 6) is -0.171. The van der Waals surface area contributed by atoms with Gasteiger partial charge in [0.15, 0.2) is 11.7 Å². The highest BCUT2D eigenvalue weighted by Crippen LogP contribution is 2.21. The number of carbonyl (C=O) groups is 2. The van der Waals surface area contributed by atoms with Crippen molar-refractivity contribution in [3.63, 3.8) is 0 Å². The van der Waals surface area contributed by atoms with Gasteiger partial charge in [0.05, 0.1) is 10.9 Å². The summed E-state index contributed by atoms with van der Waals surface area (Å²) in [5, 5.41) is 9.15. The topological polar surface area (TPSA) is 61.2 Å². The average molecular weight is 294 g/mol. The smallest absolute Gasteiger partial charge is 0.248 e. The highest BCUT2D eigenvalue weighted by atomic mass is 32.2. The van der Waals surface area contributed by atoms with Crippen LogP contribution in [0, 0.1) is 24.2 Å². The summed E-state index contributed by atoms with van der Waals surface area (Å²) in [6.07, 6.45) is 0.